The van der Waals surface area contributed by atoms with Crippen LogP contribution in [-0.2, 0) is 11.0 Å². The second-order valence-corrected chi connectivity index (χ2v) is 8.72. The van der Waals surface area contributed by atoms with Crippen LogP contribution in [0.15, 0.2) is 18.3 Å². The first-order valence-electron chi connectivity index (χ1n) is 11.1. The third kappa shape index (κ3) is 4.86. The molecule has 184 valence electrons. The van der Waals surface area contributed by atoms with Crippen LogP contribution in [0.25, 0.3) is 0 Å². The van der Waals surface area contributed by atoms with Crippen molar-refractivity contribution in [1.29, 1.82) is 0 Å². The molecule has 12 heteroatoms. The van der Waals surface area contributed by atoms with Crippen molar-refractivity contribution in [2.75, 3.05) is 29.2 Å². The Morgan fingerprint density at radius 1 is 1.32 bits per heavy atom. The number of nitrogens with one attached hydrogen (secondary N) is 2. The van der Waals surface area contributed by atoms with Crippen molar-refractivity contribution in [2.24, 2.45) is 5.92 Å². The zero-order valence-corrected chi connectivity index (χ0v) is 19.1. The molecule has 1 aliphatic carbocycles. The second-order valence-electron chi connectivity index (χ2n) is 8.72. The SMILES string of the molecule is CC[C@@H](O)C1C(=O)Nc2c(C)nc(N[C@H]3C[C@@H](COc4ccc(C(F)(F)F)nc4)C3)nc2N1C. The van der Waals surface area contributed by atoms with Crippen LogP contribution >= 0.6 is 0 Å². The highest BCUT2D eigenvalue weighted by atomic mass is 19.4. The molecule has 1 amide bonds. The first-order chi connectivity index (χ1) is 16.1. The number of likely N-dealkylation sites (N-methyl/N-ethyl adjacent to an activating group) is 1. The van der Waals surface area contributed by atoms with E-state index in [9.17, 15) is 23.1 Å². The first kappa shape index (κ1) is 24.0. The minimum atomic E-state index is -4.47. The summed E-state index contributed by atoms with van der Waals surface area (Å²) in [6.07, 6.45) is -2.20. The average Bonchev–Trinajstić information content (AvgIpc) is 2.75. The van der Waals surface area contributed by atoms with Crippen LogP contribution in [0.4, 0.5) is 30.6 Å². The van der Waals surface area contributed by atoms with Gasteiger partial charge in [-0.1, -0.05) is 6.92 Å². The second kappa shape index (κ2) is 9.24. The molecule has 2 aliphatic rings. The van der Waals surface area contributed by atoms with Crippen molar-refractivity contribution in [3.8, 4) is 5.75 Å². The molecule has 1 fully saturated rings. The van der Waals surface area contributed by atoms with E-state index >= 15 is 0 Å². The molecule has 2 atom stereocenters. The van der Waals surface area contributed by atoms with Crippen molar-refractivity contribution in [3.63, 3.8) is 0 Å². The van der Waals surface area contributed by atoms with Gasteiger partial charge in [-0.15, -0.1) is 0 Å². The van der Waals surface area contributed by atoms with Crippen molar-refractivity contribution in [1.82, 2.24) is 15.0 Å². The van der Waals surface area contributed by atoms with Crippen LogP contribution < -0.4 is 20.3 Å². The van der Waals surface area contributed by atoms with Crippen LogP contribution in [-0.4, -0.2) is 57.8 Å². The van der Waals surface area contributed by atoms with Crippen molar-refractivity contribution in [3.05, 3.63) is 29.7 Å². The number of aromatic nitrogens is 3. The smallest absolute Gasteiger partial charge is 0.433 e. The summed E-state index contributed by atoms with van der Waals surface area (Å²) in [4.78, 5) is 26.5. The summed E-state index contributed by atoms with van der Waals surface area (Å²) in [7, 11) is 1.73. The van der Waals surface area contributed by atoms with E-state index in [0.717, 1.165) is 25.1 Å². The summed E-state index contributed by atoms with van der Waals surface area (Å²) >= 11 is 0. The van der Waals surface area contributed by atoms with Gasteiger partial charge in [0.15, 0.2) is 5.82 Å². The molecule has 9 nitrogen and oxygen atoms in total. The van der Waals surface area contributed by atoms with Gasteiger partial charge in [-0.05, 0) is 44.2 Å². The van der Waals surface area contributed by atoms with Crippen molar-refractivity contribution in [2.45, 2.75) is 57.5 Å². The lowest BCUT2D eigenvalue weighted by Crippen LogP contribution is -2.53. The van der Waals surface area contributed by atoms with E-state index in [2.05, 4.69) is 25.6 Å². The van der Waals surface area contributed by atoms with Crippen molar-refractivity contribution < 1.29 is 27.8 Å². The Morgan fingerprint density at radius 3 is 2.68 bits per heavy atom. The number of aryl methyl sites for hydroxylation is 1. The van der Waals surface area contributed by atoms with Crippen LogP contribution in [0.1, 0.15) is 37.6 Å². The summed E-state index contributed by atoms with van der Waals surface area (Å²) < 4.78 is 43.4. The normalized spacial score (nSPS) is 23.0. The number of ether oxygens (including phenoxy) is 1. The van der Waals surface area contributed by atoms with Gasteiger partial charge in [-0.2, -0.15) is 18.2 Å². The Hall–Kier alpha value is -3.15. The molecular weight excluding hydrogens is 453 g/mol. The lowest BCUT2D eigenvalue weighted by molar-refractivity contribution is -0.141. The topological polar surface area (TPSA) is 112 Å². The van der Waals surface area contributed by atoms with Gasteiger partial charge in [0.25, 0.3) is 0 Å². The number of nitrogens with zero attached hydrogens (tertiary/aromatic N) is 4. The van der Waals surface area contributed by atoms with Gasteiger partial charge < -0.3 is 25.4 Å². The zero-order valence-electron chi connectivity index (χ0n) is 19.1. The number of aliphatic hydroxyl groups excluding tert-OH is 1. The fraction of sp³-hybridized carbons (Fsp3) is 0.545. The van der Waals surface area contributed by atoms with E-state index in [4.69, 9.17) is 4.74 Å². The molecule has 1 saturated carbocycles. The third-order valence-corrected chi connectivity index (χ3v) is 6.20. The van der Waals surface area contributed by atoms with Gasteiger partial charge in [-0.3, -0.25) is 4.79 Å². The molecule has 2 aromatic heterocycles. The number of rotatable bonds is 7. The van der Waals surface area contributed by atoms with Crippen molar-refractivity contribution >= 4 is 23.4 Å². The predicted octanol–water partition coefficient (Wildman–Crippen LogP) is 3.00. The summed E-state index contributed by atoms with van der Waals surface area (Å²) in [5.41, 5.74) is 0.197. The van der Waals surface area contributed by atoms with Gasteiger partial charge >= 0.3 is 6.18 Å². The molecule has 34 heavy (non-hydrogen) atoms. The maximum Gasteiger partial charge on any atom is 0.433 e. The Balaban J connectivity index is 1.32. The van der Waals surface area contributed by atoms with Crippen LogP contribution in [0, 0.1) is 12.8 Å². The Bertz CT molecular complexity index is 1040. The van der Waals surface area contributed by atoms with Gasteiger partial charge in [0, 0.05) is 13.1 Å². The summed E-state index contributed by atoms with van der Waals surface area (Å²) in [6, 6.07) is 1.56. The number of carbonyl (C=O) groups is 1. The quantitative estimate of drug-likeness (QED) is 0.555. The number of amides is 1. The van der Waals surface area contributed by atoms with Crippen LogP contribution in [0.2, 0.25) is 0 Å². The minimum absolute atomic E-state index is 0.122. The Morgan fingerprint density at radius 2 is 2.06 bits per heavy atom. The molecule has 1 unspecified atom stereocenters. The minimum Gasteiger partial charge on any atom is -0.492 e. The molecule has 0 aromatic carbocycles. The number of alkyl halides is 3. The lowest BCUT2D eigenvalue weighted by atomic mass is 9.81. The number of pyridine rings is 1. The van der Waals surface area contributed by atoms with E-state index in [-0.39, 0.29) is 17.9 Å². The fourth-order valence-electron chi connectivity index (χ4n) is 4.20. The van der Waals surface area contributed by atoms with Crippen LogP contribution in [0.5, 0.6) is 5.75 Å². The van der Waals surface area contributed by atoms with E-state index in [1.165, 1.54) is 6.07 Å². The molecule has 4 rings (SSSR count). The first-order valence-corrected chi connectivity index (χ1v) is 11.1. The van der Waals surface area contributed by atoms with Gasteiger partial charge in [-0.25, -0.2) is 9.97 Å². The fourth-order valence-corrected chi connectivity index (χ4v) is 4.20. The summed E-state index contributed by atoms with van der Waals surface area (Å²) in [6.45, 7) is 3.97. The molecule has 0 radical (unpaired) electrons. The standard InChI is InChI=1S/C22H27F3N6O3/c1-4-15(32)18-20(33)29-17-11(2)27-21(30-19(17)31(18)3)28-13-7-12(8-13)10-34-14-5-6-16(26-9-14)22(23,24)25/h5-6,9,12-13,15,18,32H,4,7-8,10H2,1-3H3,(H,29,33)(H,27,28,30)/t12-,13+,15-,18?/m1/s1. The maximum absolute atomic E-state index is 12.6. The summed E-state index contributed by atoms with van der Waals surface area (Å²) in [5.74, 6) is 1.22. The Labute approximate surface area is 194 Å². The Kier molecular flexibility index (Phi) is 6.52. The van der Waals surface area contributed by atoms with Gasteiger partial charge in [0.2, 0.25) is 11.9 Å². The number of carbonyl (C=O) groups excluding carboxylic acids is 1. The van der Waals surface area contributed by atoms with E-state index < -0.39 is 24.0 Å². The molecule has 0 spiro atoms. The maximum atomic E-state index is 12.6. The highest BCUT2D eigenvalue weighted by Crippen LogP contribution is 2.35. The van der Waals surface area contributed by atoms with E-state index in [0.29, 0.717) is 41.9 Å². The third-order valence-electron chi connectivity index (χ3n) is 6.20. The molecule has 3 heterocycles. The highest BCUT2D eigenvalue weighted by molar-refractivity contribution is 6.03. The number of hydrogen-bond donors (Lipinski definition) is 3. The number of anilines is 3. The number of halogens is 3. The molecule has 1 aliphatic heterocycles. The van der Waals surface area contributed by atoms with Gasteiger partial charge in [0.05, 0.1) is 24.6 Å². The molecular formula is C22H27F3N6O3. The van der Waals surface area contributed by atoms with Crippen LogP contribution in [0.3, 0.4) is 0 Å². The predicted molar refractivity (Wildman–Crippen MR) is 119 cm³/mol. The molecule has 2 aromatic rings. The molecule has 3 N–H and O–H groups in total. The largest absolute Gasteiger partial charge is 0.492 e. The van der Waals surface area contributed by atoms with E-state index in [1.807, 2.05) is 6.92 Å². The molecule has 0 bridgehead atoms. The number of hydrogen-bond acceptors (Lipinski definition) is 8. The van der Waals surface area contributed by atoms with Gasteiger partial charge in [0.1, 0.15) is 23.2 Å². The lowest BCUT2D eigenvalue weighted by Gasteiger charge is -2.38. The highest BCUT2D eigenvalue weighted by Gasteiger charge is 2.38. The van der Waals surface area contributed by atoms with E-state index in [1.54, 1.807) is 18.9 Å². The molecule has 0 saturated heterocycles. The number of fused-ring (bicyclic) bond motifs is 1. The average molecular weight is 480 g/mol. The summed E-state index contributed by atoms with van der Waals surface area (Å²) in [5, 5.41) is 16.4. The number of aliphatic hydroxyl groups is 1. The zero-order chi connectivity index (χ0) is 24.6. The monoisotopic (exact) mass is 480 g/mol.